The van der Waals surface area contributed by atoms with Crippen molar-refractivity contribution in [1.82, 2.24) is 15.3 Å². The highest BCUT2D eigenvalue weighted by Crippen LogP contribution is 2.24. The molecule has 0 fully saturated rings. The third-order valence-electron chi connectivity index (χ3n) is 3.63. The van der Waals surface area contributed by atoms with Crippen LogP contribution in [0.5, 0.6) is 0 Å². The summed E-state index contributed by atoms with van der Waals surface area (Å²) in [6.07, 6.45) is -3.47. The Hall–Kier alpha value is -2.25. The molecule has 0 aliphatic heterocycles. The van der Waals surface area contributed by atoms with Crippen molar-refractivity contribution >= 4 is 39.7 Å². The second kappa shape index (κ2) is 11.2. The zero-order chi connectivity index (χ0) is 23.1. The second-order valence-corrected chi connectivity index (χ2v) is 8.25. The summed E-state index contributed by atoms with van der Waals surface area (Å²) in [6.45, 7) is 4.58. The number of carbonyl (C=O) groups is 2. The largest absolute Gasteiger partial charge is 0.490 e. The highest BCUT2D eigenvalue weighted by molar-refractivity contribution is 7.15. The number of halogens is 3. The summed E-state index contributed by atoms with van der Waals surface area (Å²) < 4.78 is 31.7. The van der Waals surface area contributed by atoms with Crippen LogP contribution in [-0.4, -0.2) is 53.8 Å². The maximum atomic E-state index is 12.1. The summed E-state index contributed by atoms with van der Waals surface area (Å²) in [6, 6.07) is -0.702. The van der Waals surface area contributed by atoms with Crippen LogP contribution in [-0.2, 0) is 22.4 Å². The average Bonchev–Trinajstić information content (AvgIpc) is 3.27. The summed E-state index contributed by atoms with van der Waals surface area (Å²) in [5.74, 6) is -2.94. The molecule has 1 amide bonds. The van der Waals surface area contributed by atoms with E-state index in [0.717, 1.165) is 28.7 Å². The van der Waals surface area contributed by atoms with Crippen molar-refractivity contribution in [3.63, 3.8) is 0 Å². The topological polar surface area (TPSA) is 121 Å². The molecule has 2 heterocycles. The van der Waals surface area contributed by atoms with E-state index in [-0.39, 0.29) is 5.91 Å². The van der Waals surface area contributed by atoms with Gasteiger partial charge in [-0.2, -0.15) is 13.2 Å². The standard InChI is InChI=1S/C15H23N5OS2.C2HF3O2/c1-5-12-19-10(8-22-12)13(16)14(21)17-7-6-11-9(2)18-15(23-11)20(3)4;3-2(4,5)1(6)7/h8,13H,5-7,16H2,1-4H3,(H,17,21);(H,6,7). The number of aliphatic carboxylic acids is 1. The van der Waals surface area contributed by atoms with E-state index in [9.17, 15) is 18.0 Å². The van der Waals surface area contributed by atoms with Crippen molar-refractivity contribution in [3.8, 4) is 0 Å². The molecule has 2 aromatic heterocycles. The predicted octanol–water partition coefficient (Wildman–Crippen LogP) is 2.53. The lowest BCUT2D eigenvalue weighted by atomic mass is 10.2. The van der Waals surface area contributed by atoms with Crippen LogP contribution >= 0.6 is 22.7 Å². The van der Waals surface area contributed by atoms with E-state index in [0.29, 0.717) is 12.2 Å². The first-order valence-corrected chi connectivity index (χ1v) is 10.5. The quantitative estimate of drug-likeness (QED) is 0.572. The lowest BCUT2D eigenvalue weighted by Gasteiger charge is -2.10. The molecule has 0 spiro atoms. The molecule has 168 valence electrons. The van der Waals surface area contributed by atoms with Gasteiger partial charge in [0.25, 0.3) is 0 Å². The van der Waals surface area contributed by atoms with Crippen molar-refractivity contribution in [3.05, 3.63) is 26.7 Å². The molecule has 13 heteroatoms. The molecule has 0 aliphatic rings. The minimum atomic E-state index is -5.08. The number of hydrogen-bond donors (Lipinski definition) is 3. The van der Waals surface area contributed by atoms with Crippen LogP contribution in [0.25, 0.3) is 0 Å². The van der Waals surface area contributed by atoms with Crippen molar-refractivity contribution in [2.45, 2.75) is 38.9 Å². The van der Waals surface area contributed by atoms with Crippen LogP contribution in [0.4, 0.5) is 18.3 Å². The molecule has 4 N–H and O–H groups in total. The summed E-state index contributed by atoms with van der Waals surface area (Å²) in [7, 11) is 3.95. The van der Waals surface area contributed by atoms with Gasteiger partial charge in [-0.15, -0.1) is 22.7 Å². The Morgan fingerprint density at radius 1 is 1.33 bits per heavy atom. The smallest absolute Gasteiger partial charge is 0.475 e. The maximum absolute atomic E-state index is 12.1. The number of carbonyl (C=O) groups excluding carboxylic acids is 1. The first-order chi connectivity index (χ1) is 13.9. The first-order valence-electron chi connectivity index (χ1n) is 8.78. The van der Waals surface area contributed by atoms with Crippen molar-refractivity contribution in [2.24, 2.45) is 5.73 Å². The van der Waals surface area contributed by atoms with Gasteiger partial charge in [0.1, 0.15) is 6.04 Å². The van der Waals surface area contributed by atoms with Crippen molar-refractivity contribution < 1.29 is 27.9 Å². The monoisotopic (exact) mass is 467 g/mol. The minimum Gasteiger partial charge on any atom is -0.475 e. The number of alkyl halides is 3. The Bertz CT molecular complexity index is 852. The third-order valence-corrected chi connectivity index (χ3v) is 6.03. The summed E-state index contributed by atoms with van der Waals surface area (Å²) in [4.78, 5) is 33.1. The zero-order valence-electron chi connectivity index (χ0n) is 16.9. The van der Waals surface area contributed by atoms with E-state index in [1.807, 2.05) is 38.2 Å². The number of aromatic nitrogens is 2. The minimum absolute atomic E-state index is 0.187. The third kappa shape index (κ3) is 7.88. The number of carboxylic acid groups (broad SMARTS) is 1. The van der Waals surface area contributed by atoms with Crippen LogP contribution in [0.3, 0.4) is 0 Å². The Balaban J connectivity index is 0.000000553. The maximum Gasteiger partial charge on any atom is 0.490 e. The number of thiazole rings is 2. The first kappa shape index (κ1) is 25.8. The van der Waals surface area contributed by atoms with Crippen LogP contribution in [0.2, 0.25) is 0 Å². The molecule has 1 unspecified atom stereocenters. The van der Waals surface area contributed by atoms with Crippen LogP contribution in [0.1, 0.15) is 34.2 Å². The van der Waals surface area contributed by atoms with Gasteiger partial charge in [0.2, 0.25) is 5.91 Å². The number of amides is 1. The molecule has 0 saturated heterocycles. The average molecular weight is 468 g/mol. The molecular weight excluding hydrogens is 443 g/mol. The van der Waals surface area contributed by atoms with Gasteiger partial charge in [-0.3, -0.25) is 4.79 Å². The van der Waals surface area contributed by atoms with E-state index >= 15 is 0 Å². The van der Waals surface area contributed by atoms with Gasteiger partial charge in [-0.05, 0) is 13.3 Å². The summed E-state index contributed by atoms with van der Waals surface area (Å²) >= 11 is 3.19. The van der Waals surface area contributed by atoms with Crippen molar-refractivity contribution in [2.75, 3.05) is 25.5 Å². The van der Waals surface area contributed by atoms with Crippen LogP contribution in [0.15, 0.2) is 5.38 Å². The molecule has 0 radical (unpaired) electrons. The van der Waals surface area contributed by atoms with E-state index in [2.05, 4.69) is 15.3 Å². The number of anilines is 1. The van der Waals surface area contributed by atoms with Gasteiger partial charge in [-0.1, -0.05) is 6.92 Å². The summed E-state index contributed by atoms with van der Waals surface area (Å²) in [5, 5.41) is 13.9. The fourth-order valence-electron chi connectivity index (χ4n) is 2.01. The lowest BCUT2D eigenvalue weighted by Crippen LogP contribution is -2.35. The molecule has 0 saturated carbocycles. The molecule has 30 heavy (non-hydrogen) atoms. The van der Waals surface area contributed by atoms with E-state index < -0.39 is 18.2 Å². The fraction of sp³-hybridized carbons (Fsp3) is 0.529. The molecular formula is C17H24F3N5O3S2. The SMILES string of the molecule is CCc1nc(C(N)C(=O)NCCc2sc(N(C)C)nc2C)cs1.O=C(O)C(F)(F)F. The van der Waals surface area contributed by atoms with Gasteiger partial charge in [0.05, 0.1) is 16.4 Å². The summed E-state index contributed by atoms with van der Waals surface area (Å²) in [5.41, 5.74) is 7.64. The molecule has 0 aromatic carbocycles. The van der Waals surface area contributed by atoms with E-state index in [1.54, 1.807) is 22.7 Å². The van der Waals surface area contributed by atoms with Gasteiger partial charge in [-0.25, -0.2) is 14.8 Å². The fourth-order valence-corrected chi connectivity index (χ4v) is 3.77. The van der Waals surface area contributed by atoms with E-state index in [4.69, 9.17) is 15.6 Å². The van der Waals surface area contributed by atoms with E-state index in [1.165, 1.54) is 4.88 Å². The van der Waals surface area contributed by atoms with Gasteiger partial charge >= 0.3 is 12.1 Å². The van der Waals surface area contributed by atoms with Crippen molar-refractivity contribution in [1.29, 1.82) is 0 Å². The number of aryl methyl sites for hydroxylation is 2. The number of rotatable bonds is 7. The van der Waals surface area contributed by atoms with Gasteiger partial charge < -0.3 is 21.1 Å². The zero-order valence-corrected chi connectivity index (χ0v) is 18.5. The molecule has 0 bridgehead atoms. The number of hydrogen-bond acceptors (Lipinski definition) is 8. The highest BCUT2D eigenvalue weighted by Gasteiger charge is 2.38. The Labute approximate surface area is 179 Å². The lowest BCUT2D eigenvalue weighted by molar-refractivity contribution is -0.192. The normalized spacial score (nSPS) is 12.0. The Morgan fingerprint density at radius 2 is 1.93 bits per heavy atom. The Kier molecular flexibility index (Phi) is 9.65. The molecule has 1 atom stereocenters. The molecule has 2 aromatic rings. The second-order valence-electron chi connectivity index (χ2n) is 6.24. The van der Waals surface area contributed by atoms with Crippen LogP contribution in [0, 0.1) is 6.92 Å². The number of nitrogens with zero attached hydrogens (tertiary/aromatic N) is 3. The number of nitrogens with one attached hydrogen (secondary N) is 1. The van der Waals surface area contributed by atoms with Crippen LogP contribution < -0.4 is 16.0 Å². The predicted molar refractivity (Wildman–Crippen MR) is 110 cm³/mol. The number of nitrogens with two attached hydrogens (primary N) is 1. The Morgan fingerprint density at radius 3 is 2.37 bits per heavy atom. The van der Waals surface area contributed by atoms with Gasteiger partial charge in [0, 0.05) is 37.3 Å². The number of carboxylic acids is 1. The highest BCUT2D eigenvalue weighted by atomic mass is 32.1. The molecule has 2 rings (SSSR count). The van der Waals surface area contributed by atoms with Gasteiger partial charge in [0.15, 0.2) is 5.13 Å². The molecule has 8 nitrogen and oxygen atoms in total. The molecule has 0 aliphatic carbocycles.